The molecule has 0 bridgehead atoms. The number of nitrogens with one attached hydrogen (secondary N) is 1. The largest absolute Gasteiger partial charge is 0.496 e. The number of hydrogen-bond acceptors (Lipinski definition) is 4. The van der Waals surface area contributed by atoms with Gasteiger partial charge in [-0.05, 0) is 18.2 Å². The zero-order valence-corrected chi connectivity index (χ0v) is 12.0. The summed E-state index contributed by atoms with van der Waals surface area (Å²) in [5, 5.41) is 13.3. The molecule has 0 aromatic heterocycles. The van der Waals surface area contributed by atoms with E-state index < -0.39 is 11.5 Å². The van der Waals surface area contributed by atoms with Crippen molar-refractivity contribution >= 4 is 17.4 Å². The van der Waals surface area contributed by atoms with Crippen molar-refractivity contribution in [1.82, 2.24) is 0 Å². The van der Waals surface area contributed by atoms with Crippen molar-refractivity contribution in [1.29, 1.82) is 0 Å². The van der Waals surface area contributed by atoms with E-state index >= 15 is 0 Å². The lowest BCUT2D eigenvalue weighted by molar-refractivity contribution is -0.133. The summed E-state index contributed by atoms with van der Waals surface area (Å²) in [5.74, 6) is -0.522. The molecule has 112 valence electrons. The Morgan fingerprint density at radius 3 is 2.64 bits per heavy atom. The Kier molecular flexibility index (Phi) is 3.42. The normalized spacial score (nSPS) is 19.5. The lowest BCUT2D eigenvalue weighted by Gasteiger charge is -2.20. The maximum absolute atomic E-state index is 12.5. The van der Waals surface area contributed by atoms with Crippen LogP contribution >= 0.6 is 0 Å². The van der Waals surface area contributed by atoms with E-state index in [-0.39, 0.29) is 12.2 Å². The van der Waals surface area contributed by atoms with Crippen molar-refractivity contribution in [2.24, 2.45) is 0 Å². The molecule has 0 fully saturated rings. The second-order valence-electron chi connectivity index (χ2n) is 5.16. The summed E-state index contributed by atoms with van der Waals surface area (Å²) in [7, 11) is 1.47. The zero-order chi connectivity index (χ0) is 15.7. The third kappa shape index (κ3) is 2.16. The van der Waals surface area contributed by atoms with Gasteiger partial charge in [0, 0.05) is 11.3 Å². The summed E-state index contributed by atoms with van der Waals surface area (Å²) >= 11 is 0. The Hall–Kier alpha value is -2.66. The standard InChI is InChI=1S/C17H15NO4/c1-22-15-9-5-2-6-11(15)14(19)10-17(21)12-7-3-4-8-13(12)18-16(17)20/h2-9,21H,10H2,1H3,(H,18,20). The van der Waals surface area contributed by atoms with Gasteiger partial charge in [-0.2, -0.15) is 0 Å². The van der Waals surface area contributed by atoms with Crippen LogP contribution in [0.2, 0.25) is 0 Å². The van der Waals surface area contributed by atoms with Gasteiger partial charge in [-0.3, -0.25) is 9.59 Å². The number of anilines is 1. The molecule has 3 rings (SSSR count). The van der Waals surface area contributed by atoms with Crippen LogP contribution in [-0.2, 0) is 10.4 Å². The number of hydrogen-bond donors (Lipinski definition) is 2. The Bertz CT molecular complexity index is 756. The number of aliphatic hydroxyl groups is 1. The van der Waals surface area contributed by atoms with Crippen LogP contribution in [0.1, 0.15) is 22.3 Å². The Balaban J connectivity index is 1.95. The molecule has 0 saturated heterocycles. The van der Waals surface area contributed by atoms with Crippen LogP contribution < -0.4 is 10.1 Å². The van der Waals surface area contributed by atoms with E-state index in [4.69, 9.17) is 4.74 Å². The van der Waals surface area contributed by atoms with E-state index in [2.05, 4.69) is 5.32 Å². The van der Waals surface area contributed by atoms with Crippen LogP contribution in [0, 0.1) is 0 Å². The molecule has 1 aliphatic rings. The molecule has 2 aromatic carbocycles. The third-order valence-corrected chi connectivity index (χ3v) is 3.82. The summed E-state index contributed by atoms with van der Waals surface area (Å²) < 4.78 is 5.16. The number of ether oxygens (including phenoxy) is 1. The minimum atomic E-state index is -1.85. The number of amides is 1. The second-order valence-corrected chi connectivity index (χ2v) is 5.16. The molecule has 0 saturated carbocycles. The number of carbonyl (C=O) groups excluding carboxylic acids is 2. The molecule has 0 spiro atoms. The highest BCUT2D eigenvalue weighted by Gasteiger charge is 2.46. The molecular formula is C17H15NO4. The molecule has 5 heteroatoms. The fourth-order valence-electron chi connectivity index (χ4n) is 2.68. The van der Waals surface area contributed by atoms with E-state index in [1.165, 1.54) is 7.11 Å². The topological polar surface area (TPSA) is 75.6 Å². The first-order chi connectivity index (χ1) is 10.6. The lowest BCUT2D eigenvalue weighted by atomic mass is 9.88. The van der Waals surface area contributed by atoms with Gasteiger partial charge in [0.25, 0.3) is 5.91 Å². The minimum Gasteiger partial charge on any atom is -0.496 e. The van der Waals surface area contributed by atoms with Crippen LogP contribution in [0.15, 0.2) is 48.5 Å². The molecule has 1 heterocycles. The molecular weight excluding hydrogens is 282 g/mol. The van der Waals surface area contributed by atoms with Gasteiger partial charge in [0.1, 0.15) is 5.75 Å². The maximum atomic E-state index is 12.5. The van der Waals surface area contributed by atoms with Crippen molar-refractivity contribution in [3.05, 3.63) is 59.7 Å². The van der Waals surface area contributed by atoms with E-state index in [0.717, 1.165) is 0 Å². The van der Waals surface area contributed by atoms with Gasteiger partial charge in [0.05, 0.1) is 19.1 Å². The lowest BCUT2D eigenvalue weighted by Crippen LogP contribution is -2.36. The third-order valence-electron chi connectivity index (χ3n) is 3.82. The number of ketones is 1. The van der Waals surface area contributed by atoms with E-state index in [1.54, 1.807) is 48.5 Å². The van der Waals surface area contributed by atoms with Gasteiger partial charge in [0.2, 0.25) is 0 Å². The highest BCUT2D eigenvalue weighted by Crippen LogP contribution is 2.39. The smallest absolute Gasteiger partial charge is 0.261 e. The fraction of sp³-hybridized carbons (Fsp3) is 0.176. The van der Waals surface area contributed by atoms with Gasteiger partial charge >= 0.3 is 0 Å². The maximum Gasteiger partial charge on any atom is 0.261 e. The van der Waals surface area contributed by atoms with Crippen LogP contribution in [0.4, 0.5) is 5.69 Å². The number of methoxy groups -OCH3 is 1. The molecule has 2 N–H and O–H groups in total. The molecule has 2 aromatic rings. The Morgan fingerprint density at radius 1 is 1.18 bits per heavy atom. The van der Waals surface area contributed by atoms with E-state index in [0.29, 0.717) is 22.6 Å². The monoisotopic (exact) mass is 297 g/mol. The molecule has 22 heavy (non-hydrogen) atoms. The van der Waals surface area contributed by atoms with Crippen LogP contribution in [0.5, 0.6) is 5.75 Å². The summed E-state index contributed by atoms with van der Waals surface area (Å²) in [5.41, 5.74) is -0.559. The molecule has 1 atom stereocenters. The number of fused-ring (bicyclic) bond motifs is 1. The predicted octanol–water partition coefficient (Wildman–Crippen LogP) is 2.11. The first-order valence-corrected chi connectivity index (χ1v) is 6.86. The van der Waals surface area contributed by atoms with Gasteiger partial charge in [0.15, 0.2) is 11.4 Å². The van der Waals surface area contributed by atoms with Crippen molar-refractivity contribution in [3.63, 3.8) is 0 Å². The van der Waals surface area contributed by atoms with Crippen LogP contribution in [0.25, 0.3) is 0 Å². The minimum absolute atomic E-state index is 0.337. The number of para-hydroxylation sites is 2. The number of carbonyl (C=O) groups is 2. The number of Topliss-reactive ketones (excluding diaryl/α,β-unsaturated/α-hetero) is 1. The highest BCUT2D eigenvalue weighted by atomic mass is 16.5. The SMILES string of the molecule is COc1ccccc1C(=O)CC1(O)C(=O)Nc2ccccc21. The first kappa shape index (κ1) is 14.3. The van der Waals surface area contributed by atoms with Gasteiger partial charge in [-0.25, -0.2) is 0 Å². The summed E-state index contributed by atoms with van der Waals surface area (Å²) in [6.45, 7) is 0. The fourth-order valence-corrected chi connectivity index (χ4v) is 2.68. The number of rotatable bonds is 4. The second kappa shape index (κ2) is 5.27. The van der Waals surface area contributed by atoms with Crippen molar-refractivity contribution < 1.29 is 19.4 Å². The summed E-state index contributed by atoms with van der Waals surface area (Å²) in [6, 6.07) is 13.6. The van der Waals surface area contributed by atoms with E-state index in [1.807, 2.05) is 0 Å². The summed E-state index contributed by atoms with van der Waals surface area (Å²) in [6.07, 6.45) is -0.337. The van der Waals surface area contributed by atoms with Crippen molar-refractivity contribution in [2.75, 3.05) is 12.4 Å². The first-order valence-electron chi connectivity index (χ1n) is 6.86. The summed E-state index contributed by atoms with van der Waals surface area (Å²) in [4.78, 5) is 24.7. The molecule has 5 nitrogen and oxygen atoms in total. The van der Waals surface area contributed by atoms with Crippen molar-refractivity contribution in [2.45, 2.75) is 12.0 Å². The molecule has 1 aliphatic heterocycles. The molecule has 0 aliphatic carbocycles. The molecule has 0 radical (unpaired) electrons. The molecule has 1 amide bonds. The van der Waals surface area contributed by atoms with Crippen LogP contribution in [0.3, 0.4) is 0 Å². The van der Waals surface area contributed by atoms with E-state index in [9.17, 15) is 14.7 Å². The predicted molar refractivity (Wildman–Crippen MR) is 80.9 cm³/mol. The Labute approximate surface area is 127 Å². The van der Waals surface area contributed by atoms with Gasteiger partial charge in [-0.15, -0.1) is 0 Å². The Morgan fingerprint density at radius 2 is 1.86 bits per heavy atom. The average Bonchev–Trinajstić information content (AvgIpc) is 2.78. The van der Waals surface area contributed by atoms with Gasteiger partial charge in [-0.1, -0.05) is 30.3 Å². The van der Waals surface area contributed by atoms with Crippen molar-refractivity contribution in [3.8, 4) is 5.75 Å². The number of benzene rings is 2. The highest BCUT2D eigenvalue weighted by molar-refractivity contribution is 6.09. The molecule has 1 unspecified atom stereocenters. The van der Waals surface area contributed by atoms with Crippen LogP contribution in [-0.4, -0.2) is 23.9 Å². The van der Waals surface area contributed by atoms with Gasteiger partial charge < -0.3 is 15.2 Å². The quantitative estimate of drug-likeness (QED) is 0.848. The zero-order valence-electron chi connectivity index (χ0n) is 12.0. The average molecular weight is 297 g/mol.